The summed E-state index contributed by atoms with van der Waals surface area (Å²) >= 11 is 0. The van der Waals surface area contributed by atoms with Crippen molar-refractivity contribution in [1.82, 2.24) is 4.57 Å². The molecule has 1 heterocycles. The molecular weight excluding hydrogens is 691 g/mol. The second-order valence-corrected chi connectivity index (χ2v) is 14.2. The molecule has 9 aromatic carbocycles. The molecule has 10 aromatic rings. The Labute approximate surface area is 333 Å². The van der Waals surface area contributed by atoms with Crippen LogP contribution >= 0.6 is 0 Å². The van der Waals surface area contributed by atoms with E-state index in [-0.39, 0.29) is 0 Å². The monoisotopic (exact) mass is 729 g/mol. The Morgan fingerprint density at radius 1 is 0.281 bits per heavy atom. The third kappa shape index (κ3) is 6.31. The van der Waals surface area contributed by atoms with Crippen molar-refractivity contribution in [2.75, 3.05) is 9.80 Å². The lowest BCUT2D eigenvalue weighted by atomic mass is 9.97. The predicted octanol–water partition coefficient (Wildman–Crippen LogP) is 15.1. The first-order valence-electron chi connectivity index (χ1n) is 19.4. The van der Waals surface area contributed by atoms with Crippen molar-refractivity contribution >= 4 is 55.9 Å². The topological polar surface area (TPSA) is 11.4 Å². The van der Waals surface area contributed by atoms with E-state index in [9.17, 15) is 0 Å². The smallest absolute Gasteiger partial charge is 0.0541 e. The number of anilines is 6. The van der Waals surface area contributed by atoms with E-state index in [0.717, 1.165) is 62.1 Å². The van der Waals surface area contributed by atoms with Crippen LogP contribution in [-0.4, -0.2) is 4.57 Å². The van der Waals surface area contributed by atoms with Gasteiger partial charge in [-0.1, -0.05) is 140 Å². The molecule has 0 bridgehead atoms. The average Bonchev–Trinajstić information content (AvgIpc) is 3.62. The van der Waals surface area contributed by atoms with Crippen LogP contribution in [0.3, 0.4) is 0 Å². The van der Waals surface area contributed by atoms with E-state index in [1.165, 1.54) is 21.8 Å². The molecule has 0 radical (unpaired) electrons. The number of aromatic nitrogens is 1. The fraction of sp³-hybridized carbons (Fsp3) is 0. The van der Waals surface area contributed by atoms with Gasteiger partial charge >= 0.3 is 0 Å². The first-order chi connectivity index (χ1) is 28.3. The Balaban J connectivity index is 1.18. The lowest BCUT2D eigenvalue weighted by molar-refractivity contribution is 1.18. The highest BCUT2D eigenvalue weighted by atomic mass is 15.1. The second kappa shape index (κ2) is 14.9. The summed E-state index contributed by atoms with van der Waals surface area (Å²) in [7, 11) is 0. The quantitative estimate of drug-likeness (QED) is 0.147. The number of rotatable bonds is 9. The van der Waals surface area contributed by atoms with E-state index in [0.29, 0.717) is 0 Å². The van der Waals surface area contributed by atoms with Gasteiger partial charge < -0.3 is 14.4 Å². The Morgan fingerprint density at radius 3 is 0.965 bits per heavy atom. The van der Waals surface area contributed by atoms with Crippen molar-refractivity contribution in [1.29, 1.82) is 0 Å². The molecule has 0 aliphatic rings. The summed E-state index contributed by atoms with van der Waals surface area (Å²) in [6.07, 6.45) is 0. The fourth-order valence-corrected chi connectivity index (χ4v) is 8.20. The molecule has 0 fully saturated rings. The van der Waals surface area contributed by atoms with Crippen molar-refractivity contribution in [3.05, 3.63) is 237 Å². The first kappa shape index (κ1) is 33.9. The van der Waals surface area contributed by atoms with E-state index in [1.807, 2.05) is 0 Å². The zero-order valence-electron chi connectivity index (χ0n) is 31.4. The number of benzene rings is 9. The van der Waals surface area contributed by atoms with Gasteiger partial charge in [0.25, 0.3) is 0 Å². The third-order valence-corrected chi connectivity index (χ3v) is 10.7. The van der Waals surface area contributed by atoms with Gasteiger partial charge in [0.2, 0.25) is 0 Å². The highest BCUT2D eigenvalue weighted by Crippen LogP contribution is 2.45. The number of hydrogen-bond donors (Lipinski definition) is 0. The molecule has 0 aliphatic carbocycles. The van der Waals surface area contributed by atoms with Crippen LogP contribution in [0.4, 0.5) is 34.1 Å². The molecule has 57 heavy (non-hydrogen) atoms. The molecule has 0 saturated heterocycles. The maximum Gasteiger partial charge on any atom is 0.0541 e. The van der Waals surface area contributed by atoms with Gasteiger partial charge in [-0.25, -0.2) is 0 Å². The maximum absolute atomic E-state index is 2.40. The molecule has 1 aromatic heterocycles. The van der Waals surface area contributed by atoms with Crippen LogP contribution in [0.25, 0.3) is 49.7 Å². The highest BCUT2D eigenvalue weighted by Gasteiger charge is 2.21. The zero-order chi connectivity index (χ0) is 38.0. The molecule has 0 amide bonds. The summed E-state index contributed by atoms with van der Waals surface area (Å²) < 4.78 is 2.40. The van der Waals surface area contributed by atoms with Crippen LogP contribution in [0, 0.1) is 0 Å². The van der Waals surface area contributed by atoms with Crippen molar-refractivity contribution in [3.63, 3.8) is 0 Å². The predicted molar refractivity (Wildman–Crippen MR) is 241 cm³/mol. The Morgan fingerprint density at radius 2 is 0.596 bits per heavy atom. The van der Waals surface area contributed by atoms with Gasteiger partial charge in [-0.3, -0.25) is 0 Å². The number of hydrogen-bond acceptors (Lipinski definition) is 2. The Hall–Kier alpha value is -7.62. The second-order valence-electron chi connectivity index (χ2n) is 14.2. The van der Waals surface area contributed by atoms with Crippen LogP contribution in [-0.2, 0) is 0 Å². The molecule has 0 saturated carbocycles. The molecular formula is C54H39N3. The SMILES string of the molecule is c1ccc(N(c2ccccc2)c2ccccc2-c2ccc3c(c2)c2cc(-c4ccccc4N(c4ccccc4)c4ccccc4)ccc2n3-c2ccccc2)cc1. The van der Waals surface area contributed by atoms with Gasteiger partial charge in [-0.15, -0.1) is 0 Å². The lowest BCUT2D eigenvalue weighted by Gasteiger charge is -2.28. The van der Waals surface area contributed by atoms with Crippen LogP contribution < -0.4 is 9.80 Å². The minimum atomic E-state index is 1.11. The minimum absolute atomic E-state index is 1.11. The molecule has 0 spiro atoms. The highest BCUT2D eigenvalue weighted by molar-refractivity contribution is 6.12. The summed E-state index contributed by atoms with van der Waals surface area (Å²) in [5.41, 5.74) is 14.8. The molecule has 0 unspecified atom stereocenters. The Bertz CT molecular complexity index is 2680. The largest absolute Gasteiger partial charge is 0.310 e. The van der Waals surface area contributed by atoms with Gasteiger partial charge in [-0.05, 0) is 108 Å². The molecule has 0 atom stereocenters. The first-order valence-corrected chi connectivity index (χ1v) is 19.4. The van der Waals surface area contributed by atoms with E-state index in [4.69, 9.17) is 0 Å². The maximum atomic E-state index is 2.40. The summed E-state index contributed by atoms with van der Waals surface area (Å²) in [5.74, 6) is 0. The minimum Gasteiger partial charge on any atom is -0.310 e. The molecule has 3 nitrogen and oxygen atoms in total. The van der Waals surface area contributed by atoms with E-state index < -0.39 is 0 Å². The van der Waals surface area contributed by atoms with Gasteiger partial charge in [0.1, 0.15) is 0 Å². The summed E-state index contributed by atoms with van der Waals surface area (Å²) in [6, 6.07) is 84.7. The van der Waals surface area contributed by atoms with E-state index >= 15 is 0 Å². The van der Waals surface area contributed by atoms with E-state index in [2.05, 4.69) is 251 Å². The fourth-order valence-electron chi connectivity index (χ4n) is 8.20. The van der Waals surface area contributed by atoms with Crippen LogP contribution in [0.15, 0.2) is 237 Å². The zero-order valence-corrected chi connectivity index (χ0v) is 31.4. The van der Waals surface area contributed by atoms with Crippen molar-refractivity contribution in [2.24, 2.45) is 0 Å². The van der Waals surface area contributed by atoms with Crippen LogP contribution in [0.5, 0.6) is 0 Å². The van der Waals surface area contributed by atoms with Crippen LogP contribution in [0.2, 0.25) is 0 Å². The van der Waals surface area contributed by atoms with Gasteiger partial charge in [0.15, 0.2) is 0 Å². The molecule has 10 rings (SSSR count). The normalized spacial score (nSPS) is 11.2. The summed E-state index contributed by atoms with van der Waals surface area (Å²) in [6.45, 7) is 0. The molecule has 0 N–H and O–H groups in total. The van der Waals surface area contributed by atoms with E-state index in [1.54, 1.807) is 0 Å². The average molecular weight is 730 g/mol. The summed E-state index contributed by atoms with van der Waals surface area (Å²) in [4.78, 5) is 4.71. The van der Waals surface area contributed by atoms with Crippen molar-refractivity contribution < 1.29 is 0 Å². The van der Waals surface area contributed by atoms with Gasteiger partial charge in [0, 0.05) is 50.3 Å². The van der Waals surface area contributed by atoms with Gasteiger partial charge in [0.05, 0.1) is 22.4 Å². The van der Waals surface area contributed by atoms with Crippen molar-refractivity contribution in [2.45, 2.75) is 0 Å². The number of fused-ring (bicyclic) bond motifs is 3. The third-order valence-electron chi connectivity index (χ3n) is 10.7. The molecule has 270 valence electrons. The van der Waals surface area contributed by atoms with Crippen LogP contribution in [0.1, 0.15) is 0 Å². The Kier molecular flexibility index (Phi) is 8.86. The number of para-hydroxylation sites is 7. The van der Waals surface area contributed by atoms with Gasteiger partial charge in [-0.2, -0.15) is 0 Å². The lowest BCUT2D eigenvalue weighted by Crippen LogP contribution is -2.10. The molecule has 0 aliphatic heterocycles. The molecule has 3 heteroatoms. The summed E-state index contributed by atoms with van der Waals surface area (Å²) in [5, 5.41) is 2.41. The number of nitrogens with zero attached hydrogens (tertiary/aromatic N) is 3. The van der Waals surface area contributed by atoms with Crippen molar-refractivity contribution in [3.8, 4) is 27.9 Å². The standard InChI is InChI=1S/C54H39N3/c1-6-20-42(21-7-1)55(43-22-8-2-9-23-43)51-32-18-16-30-47(51)40-34-36-53-49(38-40)50-39-41(35-37-54(50)57(53)46-28-14-5-15-29-46)48-31-17-19-33-52(48)56(44-24-10-3-11-25-44)45-26-12-4-13-27-45/h1-39H.